The lowest BCUT2D eigenvalue weighted by Crippen LogP contribution is -2.11. The minimum atomic E-state index is -4.58. The van der Waals surface area contributed by atoms with E-state index in [1.165, 1.54) is 14.2 Å². The first-order chi connectivity index (χ1) is 8.90. The molecule has 0 fully saturated rings. The van der Waals surface area contributed by atoms with Gasteiger partial charge in [0.25, 0.3) is 0 Å². The second-order valence-corrected chi connectivity index (χ2v) is 3.27. The maximum Gasteiger partial charge on any atom is 0.416 e. The van der Waals surface area contributed by atoms with E-state index in [4.69, 9.17) is 0 Å². The fourth-order valence-electron chi connectivity index (χ4n) is 1.24. The Balaban J connectivity index is 3.30. The molecule has 0 aliphatic heterocycles. The lowest BCUT2D eigenvalue weighted by Gasteiger charge is -2.09. The maximum absolute atomic E-state index is 13.6. The third-order valence-corrected chi connectivity index (χ3v) is 2.04. The Labute approximate surface area is 106 Å². The number of hydrogen-bond acceptors (Lipinski definition) is 4. The molecule has 0 aliphatic carbocycles. The lowest BCUT2D eigenvalue weighted by atomic mass is 10.1. The van der Waals surface area contributed by atoms with Crippen molar-refractivity contribution in [2.75, 3.05) is 14.2 Å². The molecule has 1 aromatic rings. The molecule has 19 heavy (non-hydrogen) atoms. The number of hydrogen-bond donors (Lipinski definition) is 0. The first-order valence-electron chi connectivity index (χ1n) is 4.95. The van der Waals surface area contributed by atoms with E-state index in [0.29, 0.717) is 18.2 Å². The van der Waals surface area contributed by atoms with Crippen LogP contribution in [-0.4, -0.2) is 26.1 Å². The molecule has 0 atom stereocenters. The molecular weight excluding hydrogens is 268 g/mol. The van der Waals surface area contributed by atoms with E-state index in [-0.39, 0.29) is 5.71 Å². The third-order valence-electron chi connectivity index (χ3n) is 2.04. The van der Waals surface area contributed by atoms with Gasteiger partial charge >= 0.3 is 6.18 Å². The Bertz CT molecular complexity index is 498. The Morgan fingerprint density at radius 2 is 1.89 bits per heavy atom. The molecule has 0 aliphatic rings. The van der Waals surface area contributed by atoms with Gasteiger partial charge in [0.05, 0.1) is 11.8 Å². The second-order valence-electron chi connectivity index (χ2n) is 3.27. The fraction of sp³-hybridized carbons (Fsp3) is 0.273. The van der Waals surface area contributed by atoms with Crippen LogP contribution in [0.5, 0.6) is 0 Å². The van der Waals surface area contributed by atoms with Crippen LogP contribution in [0.4, 0.5) is 17.6 Å². The zero-order chi connectivity index (χ0) is 14.5. The van der Waals surface area contributed by atoms with E-state index in [0.717, 1.165) is 6.21 Å². The summed E-state index contributed by atoms with van der Waals surface area (Å²) in [7, 11) is 2.40. The van der Waals surface area contributed by atoms with Crippen molar-refractivity contribution in [3.63, 3.8) is 0 Å². The summed E-state index contributed by atoms with van der Waals surface area (Å²) in [6, 6.07) is 1.95. The molecule has 0 heterocycles. The normalized spacial score (nSPS) is 12.8. The summed E-state index contributed by atoms with van der Waals surface area (Å²) in [6.45, 7) is 0. The standard InChI is InChI=1S/C11H10F4N2O2/c1-18-16-6-10(17-19-2)8-5-7(11(13,14)15)3-4-9(8)12/h3-6H,1-2H3. The van der Waals surface area contributed by atoms with Gasteiger partial charge in [0, 0.05) is 5.56 Å². The van der Waals surface area contributed by atoms with Crippen LogP contribution in [0.25, 0.3) is 0 Å². The number of halogens is 4. The summed E-state index contributed by atoms with van der Waals surface area (Å²) >= 11 is 0. The van der Waals surface area contributed by atoms with Crippen LogP contribution in [0.3, 0.4) is 0 Å². The summed E-state index contributed by atoms with van der Waals surface area (Å²) in [5, 5.41) is 6.71. The molecule has 8 heteroatoms. The zero-order valence-electron chi connectivity index (χ0n) is 10.0. The molecule has 0 bridgehead atoms. The predicted octanol–water partition coefficient (Wildman–Crippen LogP) is 2.83. The highest BCUT2D eigenvalue weighted by Gasteiger charge is 2.31. The van der Waals surface area contributed by atoms with E-state index < -0.39 is 23.1 Å². The molecule has 1 aromatic carbocycles. The van der Waals surface area contributed by atoms with E-state index in [1.54, 1.807) is 0 Å². The van der Waals surface area contributed by atoms with Gasteiger partial charge in [-0.15, -0.1) is 0 Å². The average molecular weight is 278 g/mol. The van der Waals surface area contributed by atoms with Gasteiger partial charge in [-0.1, -0.05) is 10.3 Å². The molecule has 0 spiro atoms. The van der Waals surface area contributed by atoms with Crippen LogP contribution in [0.15, 0.2) is 28.5 Å². The van der Waals surface area contributed by atoms with Crippen LogP contribution in [0.2, 0.25) is 0 Å². The molecule has 0 radical (unpaired) electrons. The van der Waals surface area contributed by atoms with Gasteiger partial charge < -0.3 is 9.68 Å². The van der Waals surface area contributed by atoms with Crippen LogP contribution < -0.4 is 0 Å². The largest absolute Gasteiger partial charge is 0.416 e. The number of nitrogens with zero attached hydrogens (tertiary/aromatic N) is 2. The molecule has 0 aromatic heterocycles. The number of oxime groups is 2. The fourth-order valence-corrected chi connectivity index (χ4v) is 1.24. The highest BCUT2D eigenvalue weighted by Crippen LogP contribution is 2.30. The summed E-state index contributed by atoms with van der Waals surface area (Å²) in [4.78, 5) is 8.80. The summed E-state index contributed by atoms with van der Waals surface area (Å²) < 4.78 is 51.2. The van der Waals surface area contributed by atoms with Gasteiger partial charge in [-0.2, -0.15) is 13.2 Å². The number of alkyl halides is 3. The SMILES string of the molecule is CON=CC(=NOC)c1cc(C(F)(F)F)ccc1F. The Morgan fingerprint density at radius 3 is 2.42 bits per heavy atom. The summed E-state index contributed by atoms with van der Waals surface area (Å²) in [5.41, 5.74) is -1.62. The molecule has 0 N–H and O–H groups in total. The predicted molar refractivity (Wildman–Crippen MR) is 60.4 cm³/mol. The van der Waals surface area contributed by atoms with Crippen molar-refractivity contribution in [1.82, 2.24) is 0 Å². The quantitative estimate of drug-likeness (QED) is 0.483. The average Bonchev–Trinajstić information content (AvgIpc) is 2.34. The van der Waals surface area contributed by atoms with Gasteiger partial charge in [0.15, 0.2) is 0 Å². The molecule has 4 nitrogen and oxygen atoms in total. The zero-order valence-corrected chi connectivity index (χ0v) is 10.0. The minimum absolute atomic E-state index is 0.229. The third kappa shape index (κ3) is 3.94. The Hall–Kier alpha value is -2.12. The highest BCUT2D eigenvalue weighted by atomic mass is 19.4. The molecule has 0 saturated heterocycles. The van der Waals surface area contributed by atoms with E-state index in [1.807, 2.05) is 0 Å². The van der Waals surface area contributed by atoms with Crippen molar-refractivity contribution in [1.29, 1.82) is 0 Å². The van der Waals surface area contributed by atoms with Crippen molar-refractivity contribution in [3.05, 3.63) is 35.1 Å². The van der Waals surface area contributed by atoms with Crippen molar-refractivity contribution >= 4 is 11.9 Å². The van der Waals surface area contributed by atoms with Crippen LogP contribution in [0, 0.1) is 5.82 Å². The minimum Gasteiger partial charge on any atom is -0.399 e. The molecule has 104 valence electrons. The first kappa shape index (κ1) is 14.9. The topological polar surface area (TPSA) is 43.2 Å². The summed E-state index contributed by atoms with van der Waals surface area (Å²) in [6.07, 6.45) is -3.64. The molecule has 1 rings (SSSR count). The first-order valence-corrected chi connectivity index (χ1v) is 4.95. The molecule has 0 amide bonds. The van der Waals surface area contributed by atoms with Crippen molar-refractivity contribution in [2.24, 2.45) is 10.3 Å². The maximum atomic E-state index is 13.6. The van der Waals surface area contributed by atoms with E-state index in [2.05, 4.69) is 20.0 Å². The molecular formula is C11H10F4N2O2. The van der Waals surface area contributed by atoms with Crippen LogP contribution >= 0.6 is 0 Å². The number of rotatable bonds is 4. The van der Waals surface area contributed by atoms with Gasteiger partial charge in [0.1, 0.15) is 25.7 Å². The number of benzene rings is 1. The van der Waals surface area contributed by atoms with Crippen molar-refractivity contribution < 1.29 is 27.2 Å². The summed E-state index contributed by atoms with van der Waals surface area (Å²) in [5.74, 6) is -0.883. The van der Waals surface area contributed by atoms with Gasteiger partial charge in [-0.3, -0.25) is 0 Å². The lowest BCUT2D eigenvalue weighted by molar-refractivity contribution is -0.137. The van der Waals surface area contributed by atoms with E-state index >= 15 is 0 Å². The Kier molecular flexibility index (Phi) is 4.85. The molecule has 0 saturated carbocycles. The van der Waals surface area contributed by atoms with Gasteiger partial charge in [0.2, 0.25) is 0 Å². The smallest absolute Gasteiger partial charge is 0.399 e. The second kappa shape index (κ2) is 6.17. The van der Waals surface area contributed by atoms with Gasteiger partial charge in [-0.05, 0) is 18.2 Å². The highest BCUT2D eigenvalue weighted by molar-refractivity contribution is 6.38. The van der Waals surface area contributed by atoms with Crippen molar-refractivity contribution in [2.45, 2.75) is 6.18 Å². The Morgan fingerprint density at radius 1 is 1.21 bits per heavy atom. The van der Waals surface area contributed by atoms with Crippen LogP contribution in [0.1, 0.15) is 11.1 Å². The van der Waals surface area contributed by atoms with E-state index in [9.17, 15) is 17.6 Å². The van der Waals surface area contributed by atoms with Crippen molar-refractivity contribution in [3.8, 4) is 0 Å². The monoisotopic (exact) mass is 278 g/mol. The van der Waals surface area contributed by atoms with Crippen LogP contribution in [-0.2, 0) is 15.9 Å². The molecule has 0 unspecified atom stereocenters. The van der Waals surface area contributed by atoms with Gasteiger partial charge in [-0.25, -0.2) is 4.39 Å².